The Labute approximate surface area is 109 Å². The van der Waals surface area contributed by atoms with Gasteiger partial charge in [-0.2, -0.15) is 0 Å². The van der Waals surface area contributed by atoms with Crippen LogP contribution in [-0.2, 0) is 9.47 Å². The molecule has 0 aromatic heterocycles. The Hall–Kier alpha value is -0.160. The average Bonchev–Trinajstić information content (AvgIpc) is 2.86. The van der Waals surface area contributed by atoms with Gasteiger partial charge >= 0.3 is 0 Å². The lowest BCUT2D eigenvalue weighted by Gasteiger charge is -2.34. The van der Waals surface area contributed by atoms with Gasteiger partial charge in [-0.05, 0) is 52.9 Å². The highest BCUT2D eigenvalue weighted by molar-refractivity contribution is 4.99. The molecule has 0 amide bonds. The minimum absolute atomic E-state index is 0.0563. The monoisotopic (exact) mass is 258 g/mol. The Balaban J connectivity index is 1.97. The number of hydrogen-bond acceptors (Lipinski definition) is 4. The van der Waals surface area contributed by atoms with Crippen molar-refractivity contribution in [3.05, 3.63) is 0 Å². The number of rotatable bonds is 4. The van der Waals surface area contributed by atoms with Gasteiger partial charge in [0.1, 0.15) is 0 Å². The van der Waals surface area contributed by atoms with Gasteiger partial charge in [0.05, 0.1) is 29.5 Å². The Bertz CT molecular complexity index is 294. The van der Waals surface area contributed by atoms with Gasteiger partial charge in [0, 0.05) is 6.61 Å². The molecule has 2 N–H and O–H groups in total. The largest absolute Gasteiger partial charge is 0.396 e. The van der Waals surface area contributed by atoms with E-state index in [2.05, 4.69) is 6.92 Å². The zero-order chi connectivity index (χ0) is 13.4. The third kappa shape index (κ3) is 2.57. The van der Waals surface area contributed by atoms with Crippen molar-refractivity contribution in [1.82, 2.24) is 0 Å². The van der Waals surface area contributed by atoms with Gasteiger partial charge < -0.3 is 19.7 Å². The van der Waals surface area contributed by atoms with Gasteiger partial charge in [-0.25, -0.2) is 0 Å². The molecule has 0 unspecified atom stereocenters. The van der Waals surface area contributed by atoms with Crippen molar-refractivity contribution in [3.8, 4) is 0 Å². The number of aliphatic hydroxyl groups excluding tert-OH is 2. The maximum atomic E-state index is 9.79. The molecule has 4 nitrogen and oxygen atoms in total. The highest BCUT2D eigenvalue weighted by Crippen LogP contribution is 2.44. The lowest BCUT2D eigenvalue weighted by molar-refractivity contribution is -0.169. The first-order chi connectivity index (χ1) is 8.39. The van der Waals surface area contributed by atoms with Crippen LogP contribution >= 0.6 is 0 Å². The molecule has 0 aromatic carbocycles. The van der Waals surface area contributed by atoms with E-state index in [0.717, 1.165) is 25.7 Å². The molecule has 0 bridgehead atoms. The summed E-state index contributed by atoms with van der Waals surface area (Å²) in [7, 11) is 0. The molecule has 0 spiro atoms. The second-order valence-electron chi connectivity index (χ2n) is 6.24. The molecule has 2 aliphatic heterocycles. The van der Waals surface area contributed by atoms with Crippen molar-refractivity contribution in [2.75, 3.05) is 6.61 Å². The van der Waals surface area contributed by atoms with Gasteiger partial charge in [0.15, 0.2) is 0 Å². The second-order valence-corrected chi connectivity index (χ2v) is 6.24. The molecule has 0 radical (unpaired) electrons. The van der Waals surface area contributed by atoms with Crippen LogP contribution in [0.2, 0.25) is 0 Å². The van der Waals surface area contributed by atoms with Gasteiger partial charge in [-0.15, -0.1) is 0 Å². The van der Waals surface area contributed by atoms with Crippen LogP contribution in [0.15, 0.2) is 0 Å². The third-order valence-corrected chi connectivity index (χ3v) is 4.73. The summed E-state index contributed by atoms with van der Waals surface area (Å²) >= 11 is 0. The summed E-state index contributed by atoms with van der Waals surface area (Å²) in [6, 6.07) is 0. The van der Waals surface area contributed by atoms with Crippen molar-refractivity contribution in [2.24, 2.45) is 0 Å². The Morgan fingerprint density at radius 3 is 2.50 bits per heavy atom. The molecule has 5 atom stereocenters. The van der Waals surface area contributed by atoms with E-state index >= 15 is 0 Å². The minimum atomic E-state index is -0.458. The molecule has 106 valence electrons. The van der Waals surface area contributed by atoms with Crippen LogP contribution in [0.1, 0.15) is 52.9 Å². The van der Waals surface area contributed by atoms with Crippen LogP contribution in [0.5, 0.6) is 0 Å². The van der Waals surface area contributed by atoms with Crippen LogP contribution in [0, 0.1) is 0 Å². The van der Waals surface area contributed by atoms with Gasteiger partial charge in [-0.3, -0.25) is 0 Å². The van der Waals surface area contributed by atoms with Gasteiger partial charge in [0.25, 0.3) is 0 Å². The smallest absolute Gasteiger partial charge is 0.0920 e. The molecule has 0 saturated carbocycles. The maximum absolute atomic E-state index is 9.79. The van der Waals surface area contributed by atoms with Crippen LogP contribution in [-0.4, -0.2) is 46.3 Å². The molecule has 18 heavy (non-hydrogen) atoms. The van der Waals surface area contributed by atoms with E-state index in [1.165, 1.54) is 0 Å². The summed E-state index contributed by atoms with van der Waals surface area (Å²) in [6.07, 6.45) is 4.22. The van der Waals surface area contributed by atoms with E-state index in [-0.39, 0.29) is 24.4 Å². The standard InChI is InChI=1S/C14H26O4/c1-10(16)13(2)8-5-12(18-13)14(3)7-4-11(17-14)6-9-15/h10-12,15-16H,4-9H2,1-3H3/t10-,11+,12-,13+,14+/m1/s1. The van der Waals surface area contributed by atoms with Crippen LogP contribution in [0.25, 0.3) is 0 Å². The molecule has 2 fully saturated rings. The number of hydrogen-bond donors (Lipinski definition) is 2. The lowest BCUT2D eigenvalue weighted by atomic mass is 9.91. The predicted octanol–water partition coefficient (Wildman–Crippen LogP) is 1.62. The molecular formula is C14H26O4. The normalized spacial score (nSPS) is 46.5. The summed E-state index contributed by atoms with van der Waals surface area (Å²) in [5.41, 5.74) is -0.696. The SMILES string of the molecule is C[C@@H](O)[C@]1(C)CC[C@H]([C@]2(C)CC[C@@H](CCO)O2)O1. The van der Waals surface area contributed by atoms with E-state index in [4.69, 9.17) is 14.6 Å². The molecular weight excluding hydrogens is 232 g/mol. The zero-order valence-corrected chi connectivity index (χ0v) is 11.7. The fraction of sp³-hybridized carbons (Fsp3) is 1.00. The fourth-order valence-corrected chi connectivity index (χ4v) is 3.13. The highest BCUT2D eigenvalue weighted by atomic mass is 16.6. The van der Waals surface area contributed by atoms with E-state index < -0.39 is 11.7 Å². The van der Waals surface area contributed by atoms with Crippen LogP contribution < -0.4 is 0 Å². The quantitative estimate of drug-likeness (QED) is 0.804. The summed E-state index contributed by atoms with van der Waals surface area (Å²) < 4.78 is 12.2. The Morgan fingerprint density at radius 1 is 1.22 bits per heavy atom. The molecule has 2 heterocycles. The first-order valence-electron chi connectivity index (χ1n) is 7.04. The molecule has 4 heteroatoms. The van der Waals surface area contributed by atoms with Gasteiger partial charge in [-0.1, -0.05) is 0 Å². The molecule has 2 saturated heterocycles. The van der Waals surface area contributed by atoms with Crippen LogP contribution in [0.4, 0.5) is 0 Å². The highest BCUT2D eigenvalue weighted by Gasteiger charge is 2.50. The van der Waals surface area contributed by atoms with E-state index in [0.29, 0.717) is 6.42 Å². The van der Waals surface area contributed by atoms with Crippen molar-refractivity contribution < 1.29 is 19.7 Å². The summed E-state index contributed by atoms with van der Waals surface area (Å²) in [5, 5.41) is 18.8. The predicted molar refractivity (Wildman–Crippen MR) is 68.4 cm³/mol. The maximum Gasteiger partial charge on any atom is 0.0920 e. The second kappa shape index (κ2) is 5.08. The zero-order valence-electron chi connectivity index (χ0n) is 11.7. The van der Waals surface area contributed by atoms with Crippen molar-refractivity contribution in [3.63, 3.8) is 0 Å². The summed E-state index contributed by atoms with van der Waals surface area (Å²) in [4.78, 5) is 0. The first-order valence-corrected chi connectivity index (χ1v) is 7.04. The number of aliphatic hydroxyl groups is 2. The van der Waals surface area contributed by atoms with Crippen molar-refractivity contribution >= 4 is 0 Å². The molecule has 2 rings (SSSR count). The number of ether oxygens (including phenoxy) is 2. The Morgan fingerprint density at radius 2 is 1.94 bits per heavy atom. The van der Waals surface area contributed by atoms with Crippen LogP contribution in [0.3, 0.4) is 0 Å². The minimum Gasteiger partial charge on any atom is -0.396 e. The summed E-state index contributed by atoms with van der Waals surface area (Å²) in [6.45, 7) is 6.04. The summed E-state index contributed by atoms with van der Waals surface area (Å²) in [5.74, 6) is 0. The lowest BCUT2D eigenvalue weighted by Crippen LogP contribution is -2.44. The van der Waals surface area contributed by atoms with E-state index in [9.17, 15) is 5.11 Å². The Kier molecular flexibility index (Phi) is 4.02. The molecule has 2 aliphatic rings. The van der Waals surface area contributed by atoms with E-state index in [1.54, 1.807) is 6.92 Å². The fourth-order valence-electron chi connectivity index (χ4n) is 3.13. The van der Waals surface area contributed by atoms with Crippen molar-refractivity contribution in [2.45, 2.75) is 82.4 Å². The molecule has 0 aliphatic carbocycles. The van der Waals surface area contributed by atoms with Crippen molar-refractivity contribution in [1.29, 1.82) is 0 Å². The first kappa shape index (κ1) is 14.3. The third-order valence-electron chi connectivity index (χ3n) is 4.73. The van der Waals surface area contributed by atoms with Gasteiger partial charge in [0.2, 0.25) is 0 Å². The van der Waals surface area contributed by atoms with E-state index in [1.807, 2.05) is 6.92 Å². The average molecular weight is 258 g/mol. The molecule has 0 aromatic rings. The topological polar surface area (TPSA) is 58.9 Å².